The summed E-state index contributed by atoms with van der Waals surface area (Å²) in [4.78, 5) is 13.6. The number of amides is 1. The maximum absolute atomic E-state index is 12.0. The van der Waals surface area contributed by atoms with Crippen LogP contribution in [0.15, 0.2) is 48.5 Å². The Morgan fingerprint density at radius 1 is 1.27 bits per heavy atom. The minimum absolute atomic E-state index is 0.0526. The van der Waals surface area contributed by atoms with E-state index < -0.39 is 0 Å². The number of likely N-dealkylation sites (N-methyl/N-ethyl adjacent to an activating group) is 1. The molecule has 0 unspecified atom stereocenters. The Balaban J connectivity index is 1.87. The van der Waals surface area contributed by atoms with Crippen LogP contribution in [0.2, 0.25) is 5.02 Å². The van der Waals surface area contributed by atoms with Crippen LogP contribution in [0.25, 0.3) is 0 Å². The van der Waals surface area contributed by atoms with Crippen molar-refractivity contribution in [2.75, 3.05) is 13.7 Å². The summed E-state index contributed by atoms with van der Waals surface area (Å²) in [5.41, 5.74) is 1.51. The molecule has 4 nitrogen and oxygen atoms in total. The van der Waals surface area contributed by atoms with Crippen LogP contribution in [0.4, 0.5) is 0 Å². The Hall–Kier alpha value is -2.51. The van der Waals surface area contributed by atoms with Gasteiger partial charge in [0.1, 0.15) is 5.75 Å². The molecule has 0 aliphatic rings. The van der Waals surface area contributed by atoms with E-state index in [0.29, 0.717) is 22.9 Å². The van der Waals surface area contributed by atoms with Crippen LogP contribution in [0.3, 0.4) is 0 Å². The number of hydrogen-bond donors (Lipinski definition) is 0. The van der Waals surface area contributed by atoms with Gasteiger partial charge in [-0.15, -0.1) is 0 Å². The summed E-state index contributed by atoms with van der Waals surface area (Å²) in [6.45, 7) is 0.416. The van der Waals surface area contributed by atoms with Crippen LogP contribution in [0, 0.1) is 11.3 Å². The Kier molecular flexibility index (Phi) is 5.40. The molecule has 0 fully saturated rings. The number of ether oxygens (including phenoxy) is 1. The van der Waals surface area contributed by atoms with Gasteiger partial charge in [0.15, 0.2) is 6.61 Å². The summed E-state index contributed by atoms with van der Waals surface area (Å²) in [5.74, 6) is 0.424. The van der Waals surface area contributed by atoms with E-state index >= 15 is 0 Å². The molecule has 0 atom stereocenters. The fourth-order valence-electron chi connectivity index (χ4n) is 1.88. The zero-order chi connectivity index (χ0) is 15.9. The van der Waals surface area contributed by atoms with Gasteiger partial charge in [-0.3, -0.25) is 4.79 Å². The van der Waals surface area contributed by atoms with E-state index in [1.54, 1.807) is 42.3 Å². The molecule has 112 valence electrons. The average Bonchev–Trinajstić information content (AvgIpc) is 2.53. The van der Waals surface area contributed by atoms with Gasteiger partial charge in [-0.1, -0.05) is 23.7 Å². The number of hydrogen-bond acceptors (Lipinski definition) is 3. The normalized spacial score (nSPS) is 9.86. The van der Waals surface area contributed by atoms with Gasteiger partial charge in [0.05, 0.1) is 11.6 Å². The van der Waals surface area contributed by atoms with Crippen LogP contribution >= 0.6 is 11.6 Å². The van der Waals surface area contributed by atoms with Crippen molar-refractivity contribution in [3.05, 3.63) is 64.7 Å². The molecule has 0 spiro atoms. The summed E-state index contributed by atoms with van der Waals surface area (Å²) in [6, 6.07) is 16.0. The molecule has 5 heteroatoms. The van der Waals surface area contributed by atoms with Crippen molar-refractivity contribution in [1.29, 1.82) is 5.26 Å². The van der Waals surface area contributed by atoms with Crippen LogP contribution in [0.5, 0.6) is 5.75 Å². The highest BCUT2D eigenvalue weighted by Gasteiger charge is 2.10. The predicted molar refractivity (Wildman–Crippen MR) is 84.6 cm³/mol. The van der Waals surface area contributed by atoms with E-state index in [4.69, 9.17) is 21.6 Å². The average molecular weight is 315 g/mol. The highest BCUT2D eigenvalue weighted by Crippen LogP contribution is 2.13. The molecule has 0 aliphatic carbocycles. The number of rotatable bonds is 5. The molecule has 2 aromatic rings. The third kappa shape index (κ3) is 4.51. The first-order chi connectivity index (χ1) is 10.6. The maximum atomic E-state index is 12.0. The minimum Gasteiger partial charge on any atom is -0.484 e. The van der Waals surface area contributed by atoms with E-state index in [0.717, 1.165) is 5.56 Å². The quantitative estimate of drug-likeness (QED) is 0.851. The highest BCUT2D eigenvalue weighted by molar-refractivity contribution is 6.30. The standard InChI is InChI=1S/C17H15ClN2O2/c1-20(11-14-3-2-4-15(18)9-14)17(21)12-22-16-7-5-13(10-19)6-8-16/h2-9H,11-12H2,1H3. The molecule has 0 saturated heterocycles. The minimum atomic E-state index is -0.135. The lowest BCUT2D eigenvalue weighted by Crippen LogP contribution is -2.30. The van der Waals surface area contributed by atoms with Crippen LogP contribution < -0.4 is 4.74 Å². The summed E-state index contributed by atoms with van der Waals surface area (Å²) in [6.07, 6.45) is 0. The molecule has 0 N–H and O–H groups in total. The zero-order valence-corrected chi connectivity index (χ0v) is 12.9. The van der Waals surface area contributed by atoms with Gasteiger partial charge < -0.3 is 9.64 Å². The van der Waals surface area contributed by atoms with Crippen LogP contribution in [-0.2, 0) is 11.3 Å². The van der Waals surface area contributed by atoms with Gasteiger partial charge in [-0.2, -0.15) is 5.26 Å². The molecule has 2 rings (SSSR count). The second-order valence-electron chi connectivity index (χ2n) is 4.80. The van der Waals surface area contributed by atoms with Crippen LogP contribution in [-0.4, -0.2) is 24.5 Å². The molecule has 0 radical (unpaired) electrons. The van der Waals surface area contributed by atoms with Crippen molar-refractivity contribution in [2.45, 2.75) is 6.54 Å². The second-order valence-corrected chi connectivity index (χ2v) is 5.24. The number of nitriles is 1. The van der Waals surface area contributed by atoms with E-state index in [1.807, 2.05) is 24.3 Å². The molecule has 0 aromatic heterocycles. The van der Waals surface area contributed by atoms with Crippen molar-refractivity contribution in [3.8, 4) is 11.8 Å². The first-order valence-electron chi connectivity index (χ1n) is 6.70. The highest BCUT2D eigenvalue weighted by atomic mass is 35.5. The Labute approximate surface area is 134 Å². The first kappa shape index (κ1) is 15.9. The molecule has 22 heavy (non-hydrogen) atoms. The van der Waals surface area contributed by atoms with Gasteiger partial charge in [-0.05, 0) is 42.0 Å². The van der Waals surface area contributed by atoms with E-state index in [9.17, 15) is 4.79 Å². The second kappa shape index (κ2) is 7.48. The van der Waals surface area contributed by atoms with Crippen molar-refractivity contribution >= 4 is 17.5 Å². The topological polar surface area (TPSA) is 53.3 Å². The Morgan fingerprint density at radius 3 is 2.64 bits per heavy atom. The van der Waals surface area contributed by atoms with E-state index in [1.165, 1.54) is 0 Å². The third-order valence-electron chi connectivity index (χ3n) is 3.08. The number of nitrogens with zero attached hydrogens (tertiary/aromatic N) is 2. The van der Waals surface area contributed by atoms with Gasteiger partial charge in [0.2, 0.25) is 0 Å². The summed E-state index contributed by atoms with van der Waals surface area (Å²) in [7, 11) is 1.71. The van der Waals surface area contributed by atoms with Gasteiger partial charge in [-0.25, -0.2) is 0 Å². The molecule has 0 saturated carbocycles. The summed E-state index contributed by atoms with van der Waals surface area (Å²) < 4.78 is 5.42. The Morgan fingerprint density at radius 2 is 2.00 bits per heavy atom. The van der Waals surface area contributed by atoms with Crippen molar-refractivity contribution in [1.82, 2.24) is 4.90 Å². The molecule has 0 bridgehead atoms. The SMILES string of the molecule is CN(Cc1cccc(Cl)c1)C(=O)COc1ccc(C#N)cc1. The van der Waals surface area contributed by atoms with Gasteiger partial charge in [0, 0.05) is 18.6 Å². The smallest absolute Gasteiger partial charge is 0.260 e. The number of halogens is 1. The van der Waals surface area contributed by atoms with Gasteiger partial charge >= 0.3 is 0 Å². The first-order valence-corrected chi connectivity index (χ1v) is 7.07. The largest absolute Gasteiger partial charge is 0.484 e. The molecule has 1 amide bonds. The molecule has 0 aliphatic heterocycles. The van der Waals surface area contributed by atoms with E-state index in [2.05, 4.69) is 0 Å². The molecule has 0 heterocycles. The lowest BCUT2D eigenvalue weighted by molar-refractivity contribution is -0.132. The maximum Gasteiger partial charge on any atom is 0.260 e. The van der Waals surface area contributed by atoms with E-state index in [-0.39, 0.29) is 12.5 Å². The Bertz CT molecular complexity index is 693. The number of carbonyl (C=O) groups is 1. The van der Waals surface area contributed by atoms with Crippen molar-refractivity contribution < 1.29 is 9.53 Å². The molecule has 2 aromatic carbocycles. The molecular formula is C17H15ClN2O2. The van der Waals surface area contributed by atoms with Crippen LogP contribution in [0.1, 0.15) is 11.1 Å². The number of benzene rings is 2. The third-order valence-corrected chi connectivity index (χ3v) is 3.32. The van der Waals surface area contributed by atoms with Crippen molar-refractivity contribution in [2.24, 2.45) is 0 Å². The fraction of sp³-hybridized carbons (Fsp3) is 0.176. The lowest BCUT2D eigenvalue weighted by Gasteiger charge is -2.17. The van der Waals surface area contributed by atoms with Crippen molar-refractivity contribution in [3.63, 3.8) is 0 Å². The zero-order valence-electron chi connectivity index (χ0n) is 12.1. The predicted octanol–water partition coefficient (Wildman–Crippen LogP) is 3.25. The lowest BCUT2D eigenvalue weighted by atomic mass is 10.2. The fourth-order valence-corrected chi connectivity index (χ4v) is 2.09. The summed E-state index contributed by atoms with van der Waals surface area (Å²) >= 11 is 5.92. The monoisotopic (exact) mass is 314 g/mol. The molecular weight excluding hydrogens is 300 g/mol. The van der Waals surface area contributed by atoms with Gasteiger partial charge in [0.25, 0.3) is 5.91 Å². The number of carbonyl (C=O) groups excluding carboxylic acids is 1. The summed E-state index contributed by atoms with van der Waals surface area (Å²) in [5, 5.41) is 9.36.